The van der Waals surface area contributed by atoms with Gasteiger partial charge in [0, 0.05) is 11.6 Å². The van der Waals surface area contributed by atoms with E-state index in [1.54, 1.807) is 18.2 Å². The van der Waals surface area contributed by atoms with E-state index in [1.807, 2.05) is 20.8 Å². The van der Waals surface area contributed by atoms with Crippen molar-refractivity contribution in [1.82, 2.24) is 5.32 Å². The Hall–Kier alpha value is -1.71. The van der Waals surface area contributed by atoms with Gasteiger partial charge >= 0.3 is 0 Å². The lowest BCUT2D eigenvalue weighted by Gasteiger charge is -2.13. The van der Waals surface area contributed by atoms with Crippen LogP contribution in [-0.2, 0) is 0 Å². The number of ether oxygens (including phenoxy) is 1. The van der Waals surface area contributed by atoms with E-state index in [0.29, 0.717) is 23.6 Å². The Kier molecular flexibility index (Phi) is 5.49. The Balaban J connectivity index is 2.74. The van der Waals surface area contributed by atoms with Gasteiger partial charge in [0.05, 0.1) is 12.3 Å². The fourth-order valence-electron chi connectivity index (χ4n) is 1.44. The molecule has 100 valence electrons. The van der Waals surface area contributed by atoms with E-state index in [2.05, 4.69) is 5.32 Å². The van der Waals surface area contributed by atoms with Crippen LogP contribution in [0.5, 0.6) is 5.75 Å². The van der Waals surface area contributed by atoms with Crippen LogP contribution in [0.1, 0.15) is 44.0 Å². The Bertz CT molecular complexity index is 405. The van der Waals surface area contributed by atoms with Gasteiger partial charge in [-0.3, -0.25) is 4.79 Å². The molecule has 0 aliphatic rings. The predicted octanol–water partition coefficient (Wildman–Crippen LogP) is 2.59. The van der Waals surface area contributed by atoms with E-state index in [-0.39, 0.29) is 11.9 Å². The van der Waals surface area contributed by atoms with E-state index >= 15 is 0 Å². The summed E-state index contributed by atoms with van der Waals surface area (Å²) in [4.78, 5) is 11.9. The molecule has 0 spiro atoms. The lowest BCUT2D eigenvalue weighted by Crippen LogP contribution is -2.31. The van der Waals surface area contributed by atoms with Gasteiger partial charge in [0.1, 0.15) is 5.75 Å². The fraction of sp³-hybridized carbons (Fsp3) is 0.500. The lowest BCUT2D eigenvalue weighted by molar-refractivity contribution is 0.0939. The second-order valence-electron chi connectivity index (χ2n) is 4.38. The third-order valence-electron chi connectivity index (χ3n) is 2.72. The van der Waals surface area contributed by atoms with Crippen LogP contribution in [0.2, 0.25) is 0 Å². The quantitative estimate of drug-likeness (QED) is 0.763. The molecule has 3 N–H and O–H groups in total. The first kappa shape index (κ1) is 14.4. The zero-order chi connectivity index (χ0) is 13.5. The van der Waals surface area contributed by atoms with Gasteiger partial charge in [0.2, 0.25) is 0 Å². The molecule has 1 atom stereocenters. The van der Waals surface area contributed by atoms with Crippen molar-refractivity contribution in [3.8, 4) is 5.75 Å². The highest BCUT2D eigenvalue weighted by Crippen LogP contribution is 2.22. The maximum atomic E-state index is 11.9. The molecule has 0 aromatic heterocycles. The predicted molar refractivity (Wildman–Crippen MR) is 73.9 cm³/mol. The Morgan fingerprint density at radius 3 is 2.72 bits per heavy atom. The Labute approximate surface area is 109 Å². The molecular formula is C14H22N2O2. The summed E-state index contributed by atoms with van der Waals surface area (Å²) in [6.45, 7) is 6.66. The van der Waals surface area contributed by atoms with Crippen molar-refractivity contribution >= 4 is 11.6 Å². The number of nitrogens with one attached hydrogen (secondary N) is 1. The number of carbonyl (C=O) groups is 1. The van der Waals surface area contributed by atoms with Gasteiger partial charge in [-0.15, -0.1) is 0 Å². The van der Waals surface area contributed by atoms with Crippen molar-refractivity contribution < 1.29 is 9.53 Å². The zero-order valence-electron chi connectivity index (χ0n) is 11.3. The summed E-state index contributed by atoms with van der Waals surface area (Å²) in [7, 11) is 0. The first-order valence-corrected chi connectivity index (χ1v) is 6.41. The maximum absolute atomic E-state index is 11.9. The summed E-state index contributed by atoms with van der Waals surface area (Å²) in [5.41, 5.74) is 6.92. The fourth-order valence-corrected chi connectivity index (χ4v) is 1.44. The molecule has 0 fully saturated rings. The van der Waals surface area contributed by atoms with Gasteiger partial charge in [-0.05, 0) is 38.0 Å². The van der Waals surface area contributed by atoms with Gasteiger partial charge in [0.25, 0.3) is 5.91 Å². The van der Waals surface area contributed by atoms with E-state index in [1.165, 1.54) is 0 Å². The highest BCUT2D eigenvalue weighted by atomic mass is 16.5. The standard InChI is InChI=1S/C14H22N2O2/c1-4-8-18-13-7-6-11(9-12(13)15)14(17)16-10(3)5-2/h6-7,9-10H,4-5,8,15H2,1-3H3,(H,16,17). The van der Waals surface area contributed by atoms with Gasteiger partial charge in [-0.25, -0.2) is 0 Å². The number of amides is 1. The van der Waals surface area contributed by atoms with E-state index < -0.39 is 0 Å². The normalized spacial score (nSPS) is 11.9. The van der Waals surface area contributed by atoms with Gasteiger partial charge in [-0.2, -0.15) is 0 Å². The van der Waals surface area contributed by atoms with E-state index in [4.69, 9.17) is 10.5 Å². The summed E-state index contributed by atoms with van der Waals surface area (Å²) in [6, 6.07) is 5.30. The molecule has 0 aliphatic carbocycles. The highest BCUT2D eigenvalue weighted by molar-refractivity contribution is 5.95. The number of hydrogen-bond donors (Lipinski definition) is 2. The Morgan fingerprint density at radius 2 is 2.17 bits per heavy atom. The second-order valence-corrected chi connectivity index (χ2v) is 4.38. The van der Waals surface area contributed by atoms with Crippen LogP contribution in [0, 0.1) is 0 Å². The molecule has 1 rings (SSSR count). The topological polar surface area (TPSA) is 64.3 Å². The monoisotopic (exact) mass is 250 g/mol. The third-order valence-corrected chi connectivity index (χ3v) is 2.72. The van der Waals surface area contributed by atoms with E-state index in [9.17, 15) is 4.79 Å². The number of nitrogen functional groups attached to an aromatic ring is 1. The number of benzene rings is 1. The van der Waals surface area contributed by atoms with Gasteiger partial charge in [0.15, 0.2) is 0 Å². The molecule has 0 saturated carbocycles. The minimum absolute atomic E-state index is 0.0990. The molecule has 1 unspecified atom stereocenters. The first-order chi connectivity index (χ1) is 8.58. The van der Waals surface area contributed by atoms with Crippen LogP contribution < -0.4 is 15.8 Å². The lowest BCUT2D eigenvalue weighted by atomic mass is 10.1. The largest absolute Gasteiger partial charge is 0.491 e. The van der Waals surface area contributed by atoms with Crippen molar-refractivity contribution in [2.75, 3.05) is 12.3 Å². The molecule has 0 heterocycles. The van der Waals surface area contributed by atoms with Crippen LogP contribution >= 0.6 is 0 Å². The van der Waals surface area contributed by atoms with Crippen molar-refractivity contribution in [3.63, 3.8) is 0 Å². The number of nitrogens with two attached hydrogens (primary N) is 1. The maximum Gasteiger partial charge on any atom is 0.251 e. The smallest absolute Gasteiger partial charge is 0.251 e. The van der Waals surface area contributed by atoms with E-state index in [0.717, 1.165) is 12.8 Å². The minimum atomic E-state index is -0.0990. The number of carbonyl (C=O) groups excluding carboxylic acids is 1. The van der Waals surface area contributed by atoms with Crippen molar-refractivity contribution in [2.45, 2.75) is 39.7 Å². The van der Waals surface area contributed by atoms with Gasteiger partial charge in [-0.1, -0.05) is 13.8 Å². The molecule has 0 saturated heterocycles. The average molecular weight is 250 g/mol. The molecule has 4 nitrogen and oxygen atoms in total. The van der Waals surface area contributed by atoms with Crippen molar-refractivity contribution in [2.24, 2.45) is 0 Å². The summed E-state index contributed by atoms with van der Waals surface area (Å²) in [5, 5.41) is 2.90. The van der Waals surface area contributed by atoms with Crippen LogP contribution in [0.4, 0.5) is 5.69 Å². The van der Waals surface area contributed by atoms with Crippen molar-refractivity contribution in [1.29, 1.82) is 0 Å². The highest BCUT2D eigenvalue weighted by Gasteiger charge is 2.10. The molecule has 1 aromatic rings. The second kappa shape index (κ2) is 6.89. The molecule has 0 radical (unpaired) electrons. The number of anilines is 1. The summed E-state index contributed by atoms with van der Waals surface area (Å²) < 4.78 is 5.47. The number of rotatable bonds is 6. The molecule has 0 aliphatic heterocycles. The minimum Gasteiger partial charge on any atom is -0.491 e. The average Bonchev–Trinajstić information content (AvgIpc) is 2.37. The molecule has 1 aromatic carbocycles. The van der Waals surface area contributed by atoms with Gasteiger partial charge < -0.3 is 15.8 Å². The summed E-state index contributed by atoms with van der Waals surface area (Å²) in [5.74, 6) is 0.537. The summed E-state index contributed by atoms with van der Waals surface area (Å²) >= 11 is 0. The molecule has 4 heteroatoms. The Morgan fingerprint density at radius 1 is 1.44 bits per heavy atom. The molecule has 18 heavy (non-hydrogen) atoms. The summed E-state index contributed by atoms with van der Waals surface area (Å²) in [6.07, 6.45) is 1.83. The van der Waals surface area contributed by atoms with Crippen LogP contribution in [0.25, 0.3) is 0 Å². The number of hydrogen-bond acceptors (Lipinski definition) is 3. The molecular weight excluding hydrogens is 228 g/mol. The van der Waals surface area contributed by atoms with Crippen LogP contribution in [0.3, 0.4) is 0 Å². The zero-order valence-corrected chi connectivity index (χ0v) is 11.3. The third kappa shape index (κ3) is 3.95. The van der Waals surface area contributed by atoms with Crippen LogP contribution in [-0.4, -0.2) is 18.6 Å². The van der Waals surface area contributed by atoms with Crippen LogP contribution in [0.15, 0.2) is 18.2 Å². The molecule has 1 amide bonds. The SMILES string of the molecule is CCCOc1ccc(C(=O)NC(C)CC)cc1N. The first-order valence-electron chi connectivity index (χ1n) is 6.41. The molecule has 0 bridgehead atoms. The van der Waals surface area contributed by atoms with Crippen molar-refractivity contribution in [3.05, 3.63) is 23.8 Å².